The number of pyridine rings is 1. The fourth-order valence-corrected chi connectivity index (χ4v) is 3.20. The quantitative estimate of drug-likeness (QED) is 0.759. The minimum Gasteiger partial charge on any atom is -0.356 e. The third-order valence-corrected chi connectivity index (χ3v) is 4.88. The lowest BCUT2D eigenvalue weighted by Gasteiger charge is -2.36. The zero-order valence-electron chi connectivity index (χ0n) is 12.1. The molecular formula is C17H21ClN2. The van der Waals surface area contributed by atoms with E-state index in [0.29, 0.717) is 5.88 Å². The van der Waals surface area contributed by atoms with Crippen LogP contribution in [-0.2, 0) is 5.88 Å². The highest BCUT2D eigenvalue weighted by molar-refractivity contribution is 6.18. The Morgan fingerprint density at radius 2 is 2.05 bits per heavy atom. The molecule has 106 valence electrons. The first-order valence-electron chi connectivity index (χ1n) is 7.38. The Morgan fingerprint density at radius 1 is 1.25 bits per heavy atom. The molecule has 0 amide bonds. The van der Waals surface area contributed by atoms with Gasteiger partial charge in [-0.2, -0.15) is 0 Å². The van der Waals surface area contributed by atoms with Crippen molar-refractivity contribution < 1.29 is 0 Å². The number of alkyl halides is 1. The summed E-state index contributed by atoms with van der Waals surface area (Å²) in [5.41, 5.74) is 2.23. The molecule has 3 heteroatoms. The van der Waals surface area contributed by atoms with E-state index >= 15 is 0 Å². The van der Waals surface area contributed by atoms with Gasteiger partial charge >= 0.3 is 0 Å². The number of fused-ring (bicyclic) bond motifs is 1. The van der Waals surface area contributed by atoms with Crippen LogP contribution in [0.3, 0.4) is 0 Å². The summed E-state index contributed by atoms with van der Waals surface area (Å²) in [7, 11) is 0. The Morgan fingerprint density at radius 3 is 2.80 bits per heavy atom. The number of benzene rings is 1. The summed E-state index contributed by atoms with van der Waals surface area (Å²) in [6.45, 7) is 6.87. The lowest BCUT2D eigenvalue weighted by Crippen LogP contribution is -2.38. The lowest BCUT2D eigenvalue weighted by molar-refractivity contribution is 0.323. The van der Waals surface area contributed by atoms with Gasteiger partial charge in [0.1, 0.15) is 5.82 Å². The van der Waals surface area contributed by atoms with E-state index in [2.05, 4.69) is 36.9 Å². The standard InChI is InChI=1S/C17H21ClN2/c1-12-7-8-20(11-13(12)2)17-9-14(10-18)15-5-3-4-6-16(15)19-17/h3-6,9,12-13H,7-8,10-11H2,1-2H3. The van der Waals surface area contributed by atoms with Gasteiger partial charge in [0.05, 0.1) is 5.52 Å². The average Bonchev–Trinajstić information content (AvgIpc) is 2.49. The van der Waals surface area contributed by atoms with Crippen LogP contribution in [-0.4, -0.2) is 18.1 Å². The monoisotopic (exact) mass is 288 g/mol. The van der Waals surface area contributed by atoms with Gasteiger partial charge in [0.25, 0.3) is 0 Å². The molecule has 0 N–H and O–H groups in total. The lowest BCUT2D eigenvalue weighted by atomic mass is 9.88. The molecule has 0 bridgehead atoms. The van der Waals surface area contributed by atoms with E-state index in [1.807, 2.05) is 12.1 Å². The summed E-state index contributed by atoms with van der Waals surface area (Å²) in [5.74, 6) is 3.14. The molecule has 1 aromatic carbocycles. The molecule has 0 saturated carbocycles. The van der Waals surface area contributed by atoms with Crippen molar-refractivity contribution in [1.82, 2.24) is 4.98 Å². The van der Waals surface area contributed by atoms with Crippen LogP contribution in [0.25, 0.3) is 10.9 Å². The van der Waals surface area contributed by atoms with Gasteiger partial charge in [-0.1, -0.05) is 32.0 Å². The van der Waals surface area contributed by atoms with Crippen molar-refractivity contribution in [2.24, 2.45) is 11.8 Å². The maximum absolute atomic E-state index is 6.12. The van der Waals surface area contributed by atoms with Gasteiger partial charge in [-0.15, -0.1) is 11.6 Å². The van der Waals surface area contributed by atoms with Crippen LogP contribution < -0.4 is 4.90 Å². The van der Waals surface area contributed by atoms with Crippen LogP contribution in [0.1, 0.15) is 25.8 Å². The molecule has 1 saturated heterocycles. The molecular weight excluding hydrogens is 268 g/mol. The largest absolute Gasteiger partial charge is 0.356 e. The molecule has 3 rings (SSSR count). The Hall–Kier alpha value is -1.28. The number of para-hydroxylation sites is 1. The van der Waals surface area contributed by atoms with E-state index in [1.54, 1.807) is 0 Å². The van der Waals surface area contributed by atoms with Gasteiger partial charge in [-0.25, -0.2) is 4.98 Å². The minimum atomic E-state index is 0.538. The molecule has 2 nitrogen and oxygen atoms in total. The second-order valence-corrected chi connectivity index (χ2v) is 6.25. The van der Waals surface area contributed by atoms with Crippen LogP contribution in [0.2, 0.25) is 0 Å². The van der Waals surface area contributed by atoms with Gasteiger partial charge in [-0.3, -0.25) is 0 Å². The summed E-state index contributed by atoms with van der Waals surface area (Å²) in [6.07, 6.45) is 1.24. The Balaban J connectivity index is 1.99. The number of halogens is 1. The summed E-state index contributed by atoms with van der Waals surface area (Å²) < 4.78 is 0. The first-order valence-corrected chi connectivity index (χ1v) is 7.92. The Labute approximate surface area is 125 Å². The predicted octanol–water partition coefficient (Wildman–Crippen LogP) is 4.46. The Kier molecular flexibility index (Phi) is 3.84. The first-order chi connectivity index (χ1) is 9.69. The topological polar surface area (TPSA) is 16.1 Å². The number of anilines is 1. The summed E-state index contributed by atoms with van der Waals surface area (Å²) in [5, 5.41) is 1.17. The number of hydrogen-bond acceptors (Lipinski definition) is 2. The molecule has 1 aliphatic heterocycles. The molecule has 2 aromatic rings. The highest BCUT2D eigenvalue weighted by Crippen LogP contribution is 2.29. The van der Waals surface area contributed by atoms with Crippen LogP contribution in [0, 0.1) is 11.8 Å². The van der Waals surface area contributed by atoms with E-state index in [0.717, 1.165) is 36.3 Å². The molecule has 0 aliphatic carbocycles. The molecule has 2 heterocycles. The highest BCUT2D eigenvalue weighted by Gasteiger charge is 2.24. The normalized spacial score (nSPS) is 23.2. The number of rotatable bonds is 2. The van der Waals surface area contributed by atoms with Crippen LogP contribution in [0.5, 0.6) is 0 Å². The number of aromatic nitrogens is 1. The minimum absolute atomic E-state index is 0.538. The van der Waals surface area contributed by atoms with Crippen molar-refractivity contribution in [2.75, 3.05) is 18.0 Å². The third kappa shape index (κ3) is 2.49. The zero-order valence-corrected chi connectivity index (χ0v) is 12.9. The number of nitrogens with zero attached hydrogens (tertiary/aromatic N) is 2. The fourth-order valence-electron chi connectivity index (χ4n) is 2.98. The van der Waals surface area contributed by atoms with Gasteiger partial charge < -0.3 is 4.90 Å². The molecule has 2 atom stereocenters. The maximum Gasteiger partial charge on any atom is 0.129 e. The van der Waals surface area contributed by atoms with E-state index in [4.69, 9.17) is 16.6 Å². The van der Waals surface area contributed by atoms with E-state index in [1.165, 1.54) is 17.4 Å². The van der Waals surface area contributed by atoms with Crippen molar-refractivity contribution in [3.8, 4) is 0 Å². The first kappa shape index (κ1) is 13.7. The third-order valence-electron chi connectivity index (χ3n) is 4.59. The van der Waals surface area contributed by atoms with E-state index in [-0.39, 0.29) is 0 Å². The van der Waals surface area contributed by atoms with Crippen LogP contribution in [0.4, 0.5) is 5.82 Å². The van der Waals surface area contributed by atoms with Crippen molar-refractivity contribution in [2.45, 2.75) is 26.1 Å². The van der Waals surface area contributed by atoms with Crippen LogP contribution in [0.15, 0.2) is 30.3 Å². The fraction of sp³-hybridized carbons (Fsp3) is 0.471. The summed E-state index contributed by atoms with van der Waals surface area (Å²) >= 11 is 6.12. The zero-order chi connectivity index (χ0) is 14.1. The predicted molar refractivity (Wildman–Crippen MR) is 86.5 cm³/mol. The van der Waals surface area contributed by atoms with E-state index in [9.17, 15) is 0 Å². The van der Waals surface area contributed by atoms with Gasteiger partial charge in [0.2, 0.25) is 0 Å². The van der Waals surface area contributed by atoms with Crippen LogP contribution >= 0.6 is 11.6 Å². The van der Waals surface area contributed by atoms with Crippen molar-refractivity contribution in [3.05, 3.63) is 35.9 Å². The molecule has 0 radical (unpaired) electrons. The van der Waals surface area contributed by atoms with E-state index < -0.39 is 0 Å². The Bertz CT molecular complexity index is 611. The molecule has 2 unspecified atom stereocenters. The summed E-state index contributed by atoms with van der Waals surface area (Å²) in [6, 6.07) is 10.4. The SMILES string of the molecule is CC1CCN(c2cc(CCl)c3ccccc3n2)CC1C. The van der Waals surface area contributed by atoms with Crippen molar-refractivity contribution in [1.29, 1.82) is 0 Å². The smallest absolute Gasteiger partial charge is 0.129 e. The molecule has 1 aliphatic rings. The molecule has 1 fully saturated rings. The number of piperidine rings is 1. The molecule has 0 spiro atoms. The molecule has 1 aromatic heterocycles. The number of hydrogen-bond donors (Lipinski definition) is 0. The van der Waals surface area contributed by atoms with Gasteiger partial charge in [-0.05, 0) is 36.0 Å². The maximum atomic E-state index is 6.12. The highest BCUT2D eigenvalue weighted by atomic mass is 35.5. The van der Waals surface area contributed by atoms with Crippen molar-refractivity contribution in [3.63, 3.8) is 0 Å². The molecule has 20 heavy (non-hydrogen) atoms. The van der Waals surface area contributed by atoms with Crippen molar-refractivity contribution >= 4 is 28.3 Å². The van der Waals surface area contributed by atoms with Gasteiger partial charge in [0, 0.05) is 24.4 Å². The average molecular weight is 289 g/mol. The summed E-state index contributed by atoms with van der Waals surface area (Å²) in [4.78, 5) is 7.24. The second kappa shape index (κ2) is 5.61. The van der Waals surface area contributed by atoms with Gasteiger partial charge in [0.15, 0.2) is 0 Å². The second-order valence-electron chi connectivity index (χ2n) is 5.98.